The average molecular weight is 240 g/mol. The zero-order valence-electron chi connectivity index (χ0n) is 12.5. The van der Waals surface area contributed by atoms with Crippen LogP contribution in [-0.4, -0.2) is 36.6 Å². The topological polar surface area (TPSA) is 15.3 Å². The van der Waals surface area contributed by atoms with Crippen molar-refractivity contribution in [3.05, 3.63) is 0 Å². The Morgan fingerprint density at radius 1 is 1.24 bits per heavy atom. The predicted molar refractivity (Wildman–Crippen MR) is 76.4 cm³/mol. The summed E-state index contributed by atoms with van der Waals surface area (Å²) >= 11 is 0. The summed E-state index contributed by atoms with van der Waals surface area (Å²) in [5.41, 5.74) is 0. The summed E-state index contributed by atoms with van der Waals surface area (Å²) in [6, 6.07) is 2.10. The normalized spacial score (nSPS) is 30.2. The molecule has 0 aliphatic heterocycles. The first-order valence-electron chi connectivity index (χ1n) is 7.55. The molecule has 0 heterocycles. The minimum atomic E-state index is 0.654. The highest BCUT2D eigenvalue weighted by atomic mass is 15.2. The standard InChI is InChI=1S/C15H32N2/c1-6-10-16-14-9-8-13(7-2)11-15(14)17(5)12(3)4/h12-16H,6-11H2,1-5H3. The van der Waals surface area contributed by atoms with Crippen molar-refractivity contribution in [1.29, 1.82) is 0 Å². The van der Waals surface area contributed by atoms with Crippen molar-refractivity contribution in [2.24, 2.45) is 5.92 Å². The molecule has 0 saturated heterocycles. The Kier molecular flexibility index (Phi) is 6.50. The Hall–Kier alpha value is -0.0800. The van der Waals surface area contributed by atoms with E-state index < -0.39 is 0 Å². The number of hydrogen-bond acceptors (Lipinski definition) is 2. The first-order valence-corrected chi connectivity index (χ1v) is 7.55. The lowest BCUT2D eigenvalue weighted by molar-refractivity contribution is 0.0943. The summed E-state index contributed by atoms with van der Waals surface area (Å²) in [5, 5.41) is 3.76. The fourth-order valence-electron chi connectivity index (χ4n) is 3.00. The summed E-state index contributed by atoms with van der Waals surface area (Å²) in [7, 11) is 2.30. The van der Waals surface area contributed by atoms with Gasteiger partial charge >= 0.3 is 0 Å². The van der Waals surface area contributed by atoms with Gasteiger partial charge in [0.05, 0.1) is 0 Å². The van der Waals surface area contributed by atoms with Crippen LogP contribution in [0.3, 0.4) is 0 Å². The van der Waals surface area contributed by atoms with Gasteiger partial charge in [0.15, 0.2) is 0 Å². The van der Waals surface area contributed by atoms with E-state index in [4.69, 9.17) is 0 Å². The molecule has 17 heavy (non-hydrogen) atoms. The number of likely N-dealkylation sites (N-methyl/N-ethyl adjacent to an activating group) is 1. The third kappa shape index (κ3) is 4.26. The molecule has 2 nitrogen and oxygen atoms in total. The van der Waals surface area contributed by atoms with Crippen molar-refractivity contribution < 1.29 is 0 Å². The van der Waals surface area contributed by atoms with Gasteiger partial charge in [0.25, 0.3) is 0 Å². The van der Waals surface area contributed by atoms with E-state index in [-0.39, 0.29) is 0 Å². The largest absolute Gasteiger partial charge is 0.312 e. The van der Waals surface area contributed by atoms with Gasteiger partial charge in [-0.05, 0) is 59.0 Å². The van der Waals surface area contributed by atoms with Crippen molar-refractivity contribution in [3.63, 3.8) is 0 Å². The van der Waals surface area contributed by atoms with Crippen LogP contribution >= 0.6 is 0 Å². The monoisotopic (exact) mass is 240 g/mol. The van der Waals surface area contributed by atoms with Gasteiger partial charge in [0.1, 0.15) is 0 Å². The highest BCUT2D eigenvalue weighted by Gasteiger charge is 2.32. The van der Waals surface area contributed by atoms with E-state index in [1.54, 1.807) is 0 Å². The molecular weight excluding hydrogens is 208 g/mol. The van der Waals surface area contributed by atoms with Crippen LogP contribution in [0.25, 0.3) is 0 Å². The van der Waals surface area contributed by atoms with Crippen molar-refractivity contribution >= 4 is 0 Å². The van der Waals surface area contributed by atoms with Gasteiger partial charge < -0.3 is 5.32 Å². The van der Waals surface area contributed by atoms with E-state index in [1.165, 1.54) is 38.6 Å². The van der Waals surface area contributed by atoms with Crippen LogP contribution in [0.2, 0.25) is 0 Å². The van der Waals surface area contributed by atoms with Crippen LogP contribution in [0.4, 0.5) is 0 Å². The maximum absolute atomic E-state index is 3.76. The Morgan fingerprint density at radius 2 is 1.94 bits per heavy atom. The Morgan fingerprint density at radius 3 is 2.47 bits per heavy atom. The molecule has 0 bridgehead atoms. The third-order valence-electron chi connectivity index (χ3n) is 4.50. The van der Waals surface area contributed by atoms with Crippen molar-refractivity contribution in [2.45, 2.75) is 77.9 Å². The van der Waals surface area contributed by atoms with Gasteiger partial charge in [-0.15, -0.1) is 0 Å². The average Bonchev–Trinajstić information content (AvgIpc) is 2.35. The summed E-state index contributed by atoms with van der Waals surface area (Å²) in [6.45, 7) is 10.4. The second kappa shape index (κ2) is 7.38. The first kappa shape index (κ1) is 15.0. The van der Waals surface area contributed by atoms with Crippen LogP contribution in [0.5, 0.6) is 0 Å². The molecule has 1 aliphatic carbocycles. The lowest BCUT2D eigenvalue weighted by Crippen LogP contribution is -2.54. The number of hydrogen-bond donors (Lipinski definition) is 1. The number of nitrogens with one attached hydrogen (secondary N) is 1. The Balaban J connectivity index is 2.60. The molecule has 0 amide bonds. The van der Waals surface area contributed by atoms with E-state index in [0.717, 1.165) is 12.0 Å². The van der Waals surface area contributed by atoms with E-state index in [1.807, 2.05) is 0 Å². The molecule has 3 atom stereocenters. The Bertz CT molecular complexity index is 203. The van der Waals surface area contributed by atoms with Crippen LogP contribution < -0.4 is 5.32 Å². The first-order chi connectivity index (χ1) is 8.10. The van der Waals surface area contributed by atoms with Crippen LogP contribution in [0.1, 0.15) is 59.8 Å². The SMILES string of the molecule is CCCNC1CCC(CC)CC1N(C)C(C)C. The molecular formula is C15H32N2. The maximum Gasteiger partial charge on any atom is 0.0251 e. The minimum Gasteiger partial charge on any atom is -0.312 e. The highest BCUT2D eigenvalue weighted by molar-refractivity contribution is 4.90. The maximum atomic E-state index is 3.76. The molecule has 3 unspecified atom stereocenters. The lowest BCUT2D eigenvalue weighted by Gasteiger charge is -2.43. The smallest absolute Gasteiger partial charge is 0.0251 e. The fourth-order valence-corrected chi connectivity index (χ4v) is 3.00. The van der Waals surface area contributed by atoms with Crippen molar-refractivity contribution in [3.8, 4) is 0 Å². The molecule has 102 valence electrons. The van der Waals surface area contributed by atoms with Gasteiger partial charge in [0, 0.05) is 18.1 Å². The van der Waals surface area contributed by atoms with Crippen LogP contribution in [0, 0.1) is 5.92 Å². The predicted octanol–water partition coefficient (Wildman–Crippen LogP) is 3.27. The quantitative estimate of drug-likeness (QED) is 0.766. The molecule has 0 spiro atoms. The van der Waals surface area contributed by atoms with E-state index in [9.17, 15) is 0 Å². The fraction of sp³-hybridized carbons (Fsp3) is 1.00. The van der Waals surface area contributed by atoms with Crippen LogP contribution in [0.15, 0.2) is 0 Å². The summed E-state index contributed by atoms with van der Waals surface area (Å²) in [5.74, 6) is 0.945. The zero-order chi connectivity index (χ0) is 12.8. The van der Waals surface area contributed by atoms with Gasteiger partial charge in [-0.25, -0.2) is 0 Å². The molecule has 1 fully saturated rings. The number of rotatable bonds is 6. The van der Waals surface area contributed by atoms with Gasteiger partial charge in [0.2, 0.25) is 0 Å². The second-order valence-corrected chi connectivity index (χ2v) is 5.97. The molecule has 0 radical (unpaired) electrons. The lowest BCUT2D eigenvalue weighted by atomic mass is 9.80. The van der Waals surface area contributed by atoms with Gasteiger partial charge in [-0.1, -0.05) is 20.3 Å². The van der Waals surface area contributed by atoms with Gasteiger partial charge in [-0.2, -0.15) is 0 Å². The number of nitrogens with zero attached hydrogens (tertiary/aromatic N) is 1. The molecule has 0 aromatic rings. The molecule has 1 aliphatic rings. The summed E-state index contributed by atoms with van der Waals surface area (Å²) in [6.07, 6.45) is 6.75. The Labute approximate surface area is 108 Å². The van der Waals surface area contributed by atoms with Gasteiger partial charge in [-0.3, -0.25) is 4.90 Å². The summed E-state index contributed by atoms with van der Waals surface area (Å²) < 4.78 is 0. The van der Waals surface area contributed by atoms with E-state index in [0.29, 0.717) is 12.1 Å². The molecule has 2 heteroatoms. The van der Waals surface area contributed by atoms with Crippen molar-refractivity contribution in [2.75, 3.05) is 13.6 Å². The molecule has 0 aromatic carbocycles. The molecule has 1 N–H and O–H groups in total. The third-order valence-corrected chi connectivity index (χ3v) is 4.50. The van der Waals surface area contributed by atoms with Crippen LogP contribution in [-0.2, 0) is 0 Å². The molecule has 1 rings (SSSR count). The van der Waals surface area contributed by atoms with E-state index in [2.05, 4.69) is 45.0 Å². The summed E-state index contributed by atoms with van der Waals surface area (Å²) in [4.78, 5) is 2.58. The second-order valence-electron chi connectivity index (χ2n) is 5.97. The highest BCUT2D eigenvalue weighted by Crippen LogP contribution is 2.30. The van der Waals surface area contributed by atoms with E-state index >= 15 is 0 Å². The molecule has 0 aromatic heterocycles. The minimum absolute atomic E-state index is 0.654. The van der Waals surface area contributed by atoms with Crippen molar-refractivity contribution in [1.82, 2.24) is 10.2 Å². The molecule has 1 saturated carbocycles. The zero-order valence-corrected chi connectivity index (χ0v) is 12.5.